The van der Waals surface area contributed by atoms with E-state index in [1.54, 1.807) is 0 Å². The maximum absolute atomic E-state index is 13.7. The van der Waals surface area contributed by atoms with Crippen molar-refractivity contribution in [1.29, 1.82) is 0 Å². The Labute approximate surface area is 166 Å². The smallest absolute Gasteiger partial charge is 0.458 e. The standard InChI is InChI=1S/C16H6F10O4Si/c1-31(2,29-15(27)3-5(17)9(21)13(25)10(22)6(3)18)30-16(28)4-7(19)11(23)14(26)12(24)8(4)20/h1-2H3. The van der Waals surface area contributed by atoms with Crippen molar-refractivity contribution < 1.29 is 62.3 Å². The van der Waals surface area contributed by atoms with E-state index in [1.165, 1.54) is 0 Å². The van der Waals surface area contributed by atoms with E-state index in [9.17, 15) is 53.5 Å². The Balaban J connectivity index is 2.38. The van der Waals surface area contributed by atoms with E-state index in [2.05, 4.69) is 8.85 Å². The molecule has 0 aliphatic carbocycles. The molecule has 168 valence electrons. The molecule has 2 rings (SSSR count). The van der Waals surface area contributed by atoms with Crippen molar-refractivity contribution in [3.63, 3.8) is 0 Å². The van der Waals surface area contributed by atoms with Gasteiger partial charge in [0, 0.05) is 13.1 Å². The van der Waals surface area contributed by atoms with Crippen molar-refractivity contribution >= 4 is 20.5 Å². The molecule has 0 bridgehead atoms. The van der Waals surface area contributed by atoms with Gasteiger partial charge in [0.1, 0.15) is 11.1 Å². The molecule has 31 heavy (non-hydrogen) atoms. The van der Waals surface area contributed by atoms with Gasteiger partial charge in [-0.05, 0) is 0 Å². The van der Waals surface area contributed by atoms with Gasteiger partial charge in [-0.2, -0.15) is 0 Å². The Kier molecular flexibility index (Phi) is 6.39. The fraction of sp³-hybridized carbons (Fsp3) is 0.125. The van der Waals surface area contributed by atoms with E-state index in [-0.39, 0.29) is 0 Å². The third-order valence-corrected chi connectivity index (χ3v) is 4.86. The zero-order valence-electron chi connectivity index (χ0n) is 14.9. The number of carbonyl (C=O) groups is 2. The number of rotatable bonds is 4. The molecule has 0 unspecified atom stereocenters. The summed E-state index contributed by atoms with van der Waals surface area (Å²) in [5.74, 6) is -29.9. The van der Waals surface area contributed by atoms with Crippen LogP contribution in [0.2, 0.25) is 13.1 Å². The SMILES string of the molecule is C[Si](C)(OC(=O)c1c(F)c(F)c(F)c(F)c1F)OC(=O)c1c(F)c(F)c(F)c(F)c1F. The quantitative estimate of drug-likeness (QED) is 0.273. The van der Waals surface area contributed by atoms with E-state index >= 15 is 0 Å². The highest BCUT2D eigenvalue weighted by atomic mass is 28.4. The number of hydrogen-bond donors (Lipinski definition) is 0. The second-order valence-corrected chi connectivity index (χ2v) is 9.28. The number of carbonyl (C=O) groups excluding carboxylic acids is 2. The minimum atomic E-state index is -4.43. The fourth-order valence-electron chi connectivity index (χ4n) is 2.14. The van der Waals surface area contributed by atoms with Crippen LogP contribution in [0.3, 0.4) is 0 Å². The molecule has 0 heterocycles. The molecule has 0 fully saturated rings. The lowest BCUT2D eigenvalue weighted by molar-refractivity contribution is 0.0563. The summed E-state index contributed by atoms with van der Waals surface area (Å²) in [5.41, 5.74) is -4.13. The molecule has 0 saturated heterocycles. The van der Waals surface area contributed by atoms with Crippen LogP contribution >= 0.6 is 0 Å². The molecule has 0 atom stereocenters. The topological polar surface area (TPSA) is 52.6 Å². The second-order valence-electron chi connectivity index (χ2n) is 6.07. The van der Waals surface area contributed by atoms with Crippen molar-refractivity contribution in [2.45, 2.75) is 13.1 Å². The molecule has 0 N–H and O–H groups in total. The van der Waals surface area contributed by atoms with E-state index < -0.39 is 89.8 Å². The molecule has 0 saturated carbocycles. The Hall–Kier alpha value is -3.10. The van der Waals surface area contributed by atoms with Gasteiger partial charge in [0.05, 0.1) is 0 Å². The fourth-order valence-corrected chi connectivity index (χ4v) is 3.28. The molecule has 0 spiro atoms. The van der Waals surface area contributed by atoms with Crippen LogP contribution in [0.4, 0.5) is 43.9 Å². The van der Waals surface area contributed by atoms with Gasteiger partial charge in [-0.1, -0.05) is 0 Å². The molecular formula is C16H6F10O4Si. The first-order valence-electron chi connectivity index (χ1n) is 7.61. The summed E-state index contributed by atoms with van der Waals surface area (Å²) in [6.45, 7) is 1.45. The van der Waals surface area contributed by atoms with Crippen molar-refractivity contribution in [3.05, 3.63) is 69.3 Å². The van der Waals surface area contributed by atoms with Crippen LogP contribution in [0.1, 0.15) is 20.7 Å². The van der Waals surface area contributed by atoms with Crippen LogP contribution < -0.4 is 0 Å². The third-order valence-electron chi connectivity index (χ3n) is 3.50. The maximum Gasteiger partial charge on any atom is 0.458 e. The van der Waals surface area contributed by atoms with E-state index in [0.29, 0.717) is 0 Å². The maximum atomic E-state index is 13.7. The molecule has 2 aromatic carbocycles. The number of halogens is 10. The predicted molar refractivity (Wildman–Crippen MR) is 80.8 cm³/mol. The average molecular weight is 480 g/mol. The van der Waals surface area contributed by atoms with Crippen molar-refractivity contribution in [3.8, 4) is 0 Å². The summed E-state index contributed by atoms with van der Waals surface area (Å²) in [7, 11) is -4.43. The van der Waals surface area contributed by atoms with Gasteiger partial charge in [0.25, 0.3) is 0 Å². The summed E-state index contributed by atoms with van der Waals surface area (Å²) in [4.78, 5) is 23.8. The van der Waals surface area contributed by atoms with Gasteiger partial charge < -0.3 is 8.85 Å². The predicted octanol–water partition coefficient (Wildman–Crippen LogP) is 4.79. The third kappa shape index (κ3) is 4.21. The van der Waals surface area contributed by atoms with Crippen LogP contribution in [0, 0.1) is 58.2 Å². The highest BCUT2D eigenvalue weighted by Gasteiger charge is 2.40. The van der Waals surface area contributed by atoms with Gasteiger partial charge in [0.2, 0.25) is 11.6 Å². The van der Waals surface area contributed by atoms with E-state index in [0.717, 1.165) is 13.1 Å². The first kappa shape index (κ1) is 24.2. The van der Waals surface area contributed by atoms with Crippen LogP contribution in [0.25, 0.3) is 0 Å². The minimum Gasteiger partial charge on any atom is -0.481 e. The lowest BCUT2D eigenvalue weighted by Gasteiger charge is -2.23. The normalized spacial score (nSPS) is 11.5. The largest absolute Gasteiger partial charge is 0.481 e. The van der Waals surface area contributed by atoms with Crippen LogP contribution in [0.5, 0.6) is 0 Å². The Morgan fingerprint density at radius 3 is 0.903 bits per heavy atom. The summed E-state index contributed by atoms with van der Waals surface area (Å²) in [5, 5.41) is 0. The van der Waals surface area contributed by atoms with Crippen molar-refractivity contribution in [2.75, 3.05) is 0 Å². The zero-order valence-corrected chi connectivity index (χ0v) is 15.9. The van der Waals surface area contributed by atoms with E-state index in [4.69, 9.17) is 0 Å². The van der Waals surface area contributed by atoms with Gasteiger partial charge in [-0.15, -0.1) is 0 Å². The molecular weight excluding hydrogens is 474 g/mol. The lowest BCUT2D eigenvalue weighted by atomic mass is 10.1. The number of hydrogen-bond acceptors (Lipinski definition) is 4. The summed E-state index contributed by atoms with van der Waals surface area (Å²) < 4.78 is 142. The molecule has 15 heteroatoms. The second kappa shape index (κ2) is 8.20. The zero-order chi connectivity index (χ0) is 24.0. The molecule has 4 nitrogen and oxygen atoms in total. The van der Waals surface area contributed by atoms with Crippen molar-refractivity contribution in [2.24, 2.45) is 0 Å². The van der Waals surface area contributed by atoms with Crippen LogP contribution in [-0.4, -0.2) is 20.5 Å². The van der Waals surface area contributed by atoms with Crippen molar-refractivity contribution in [1.82, 2.24) is 0 Å². The van der Waals surface area contributed by atoms with Gasteiger partial charge in [-0.25, -0.2) is 53.5 Å². The molecule has 0 aliphatic heterocycles. The highest BCUT2D eigenvalue weighted by molar-refractivity contribution is 6.68. The molecule has 0 aliphatic rings. The van der Waals surface area contributed by atoms with E-state index in [1.807, 2.05) is 0 Å². The van der Waals surface area contributed by atoms with Crippen LogP contribution in [-0.2, 0) is 8.85 Å². The first-order valence-corrected chi connectivity index (χ1v) is 10.4. The molecule has 0 radical (unpaired) electrons. The van der Waals surface area contributed by atoms with Crippen LogP contribution in [0.15, 0.2) is 0 Å². The van der Waals surface area contributed by atoms with Gasteiger partial charge in [-0.3, -0.25) is 0 Å². The summed E-state index contributed by atoms with van der Waals surface area (Å²) in [6.07, 6.45) is 0. The Morgan fingerprint density at radius 1 is 0.484 bits per heavy atom. The van der Waals surface area contributed by atoms with Gasteiger partial charge >= 0.3 is 20.5 Å². The summed E-state index contributed by atoms with van der Waals surface area (Å²) >= 11 is 0. The minimum absolute atomic E-state index is 0.723. The lowest BCUT2D eigenvalue weighted by Crippen LogP contribution is -2.40. The highest BCUT2D eigenvalue weighted by Crippen LogP contribution is 2.27. The van der Waals surface area contributed by atoms with Gasteiger partial charge in [0.15, 0.2) is 46.5 Å². The number of benzene rings is 2. The Morgan fingerprint density at radius 2 is 0.677 bits per heavy atom. The Bertz CT molecular complexity index is 975. The monoisotopic (exact) mass is 480 g/mol. The average Bonchev–Trinajstić information content (AvgIpc) is 2.67. The molecule has 2 aromatic rings. The molecule has 0 aromatic heterocycles. The molecule has 0 amide bonds. The first-order chi connectivity index (χ1) is 14.1. The summed E-state index contributed by atoms with van der Waals surface area (Å²) in [6, 6.07) is 0.